The van der Waals surface area contributed by atoms with Gasteiger partial charge in [-0.25, -0.2) is 4.99 Å². The van der Waals surface area contributed by atoms with Gasteiger partial charge in [0.15, 0.2) is 6.21 Å². The Balaban J connectivity index is 2.08. The topological polar surface area (TPSA) is 34.2 Å². The molecule has 1 heterocycles. The smallest absolute Gasteiger partial charge is 0.208 e. The lowest BCUT2D eigenvalue weighted by Crippen LogP contribution is -2.64. The zero-order valence-corrected chi connectivity index (χ0v) is 9.64. The van der Waals surface area contributed by atoms with E-state index < -0.39 is 0 Å². The number of allylic oxidation sites excluding steroid dienone is 3. The molecule has 1 aromatic rings. The lowest BCUT2D eigenvalue weighted by molar-refractivity contribution is -0.382. The average Bonchev–Trinajstić information content (AvgIpc) is 2.76. The van der Waals surface area contributed by atoms with Crippen molar-refractivity contribution in [1.29, 1.82) is 0 Å². The summed E-state index contributed by atoms with van der Waals surface area (Å²) in [6, 6.07) is 8.16. The summed E-state index contributed by atoms with van der Waals surface area (Å²) < 4.78 is 0. The Bertz CT molecular complexity index is 591. The zero-order chi connectivity index (χ0) is 11.8. The number of rotatable bonds is 1. The predicted octanol–water partition coefficient (Wildman–Crippen LogP) is 1.51. The fraction of sp³-hybridized carbons (Fsp3) is 0.133. The van der Waals surface area contributed by atoms with E-state index in [1.807, 2.05) is 30.5 Å². The standard InChI is InChI=1S/C15H13NO/c1-10-4-2-3-5-12(10)13-9-14-11(6-7-16-14)8-15(13)17/h2-9,13,17H,1H3/p+1. The minimum absolute atomic E-state index is 0.0395. The SMILES string of the molecule is Cc1ccccc1C1C=C2[NH+]=CC=C2C=C1O. The van der Waals surface area contributed by atoms with Gasteiger partial charge in [0.05, 0.1) is 11.5 Å². The van der Waals surface area contributed by atoms with Gasteiger partial charge in [0.2, 0.25) is 5.70 Å². The van der Waals surface area contributed by atoms with E-state index in [9.17, 15) is 5.11 Å². The van der Waals surface area contributed by atoms with Crippen LogP contribution in [0.5, 0.6) is 0 Å². The van der Waals surface area contributed by atoms with Gasteiger partial charge < -0.3 is 5.11 Å². The largest absolute Gasteiger partial charge is 0.511 e. The van der Waals surface area contributed by atoms with Gasteiger partial charge in [-0.3, -0.25) is 0 Å². The van der Waals surface area contributed by atoms with Crippen LogP contribution in [0.2, 0.25) is 0 Å². The van der Waals surface area contributed by atoms with Gasteiger partial charge in [-0.1, -0.05) is 24.3 Å². The number of aliphatic hydroxyl groups excluding tert-OH is 1. The molecule has 84 valence electrons. The molecule has 0 saturated carbocycles. The van der Waals surface area contributed by atoms with Crippen molar-refractivity contribution in [2.45, 2.75) is 12.8 Å². The Kier molecular flexibility index (Phi) is 2.22. The normalized spacial score (nSPS) is 21.7. The minimum atomic E-state index is -0.0395. The van der Waals surface area contributed by atoms with Crippen LogP contribution in [0.15, 0.2) is 59.5 Å². The summed E-state index contributed by atoms with van der Waals surface area (Å²) in [6.07, 6.45) is 7.78. The van der Waals surface area contributed by atoms with E-state index in [0.29, 0.717) is 5.76 Å². The Morgan fingerprint density at radius 3 is 2.88 bits per heavy atom. The highest BCUT2D eigenvalue weighted by atomic mass is 16.3. The highest BCUT2D eigenvalue weighted by Crippen LogP contribution is 2.32. The number of hydrogen-bond donors (Lipinski definition) is 2. The molecule has 0 radical (unpaired) electrons. The van der Waals surface area contributed by atoms with Gasteiger partial charge in [-0.15, -0.1) is 0 Å². The Labute approximate surface area is 100 Å². The molecule has 2 aliphatic rings. The molecular formula is C15H14NO+. The molecule has 0 aromatic heterocycles. The summed E-state index contributed by atoms with van der Waals surface area (Å²) in [5, 5.41) is 10.1. The van der Waals surface area contributed by atoms with E-state index in [4.69, 9.17) is 0 Å². The summed E-state index contributed by atoms with van der Waals surface area (Å²) in [7, 11) is 0. The molecule has 17 heavy (non-hydrogen) atoms. The van der Waals surface area contributed by atoms with Crippen LogP contribution in [0.1, 0.15) is 17.0 Å². The van der Waals surface area contributed by atoms with Gasteiger partial charge in [0.25, 0.3) is 0 Å². The average molecular weight is 224 g/mol. The van der Waals surface area contributed by atoms with Crippen molar-refractivity contribution in [2.75, 3.05) is 0 Å². The molecule has 2 N–H and O–H groups in total. The summed E-state index contributed by atoms with van der Waals surface area (Å²) in [5.74, 6) is 0.369. The quantitative estimate of drug-likeness (QED) is 0.745. The summed E-state index contributed by atoms with van der Waals surface area (Å²) in [4.78, 5) is 3.19. The van der Waals surface area contributed by atoms with Crippen molar-refractivity contribution < 1.29 is 10.1 Å². The second-order valence-corrected chi connectivity index (χ2v) is 4.42. The van der Waals surface area contributed by atoms with Crippen LogP contribution in [0, 0.1) is 6.92 Å². The molecule has 2 nitrogen and oxygen atoms in total. The summed E-state index contributed by atoms with van der Waals surface area (Å²) in [6.45, 7) is 2.07. The van der Waals surface area contributed by atoms with E-state index >= 15 is 0 Å². The maximum atomic E-state index is 10.1. The van der Waals surface area contributed by atoms with Crippen molar-refractivity contribution in [3.63, 3.8) is 0 Å². The first-order valence-corrected chi connectivity index (χ1v) is 5.74. The van der Waals surface area contributed by atoms with Crippen LogP contribution < -0.4 is 4.99 Å². The van der Waals surface area contributed by atoms with Crippen LogP contribution in [0.4, 0.5) is 0 Å². The van der Waals surface area contributed by atoms with Crippen LogP contribution in [0.25, 0.3) is 0 Å². The first-order chi connectivity index (χ1) is 8.25. The van der Waals surface area contributed by atoms with Crippen LogP contribution in [0.3, 0.4) is 0 Å². The first kappa shape index (κ1) is 10.1. The van der Waals surface area contributed by atoms with Crippen LogP contribution in [-0.4, -0.2) is 11.3 Å². The van der Waals surface area contributed by atoms with Crippen LogP contribution in [-0.2, 0) is 0 Å². The van der Waals surface area contributed by atoms with Crippen molar-refractivity contribution in [3.05, 3.63) is 70.6 Å². The molecule has 0 amide bonds. The lowest BCUT2D eigenvalue weighted by atomic mass is 9.87. The zero-order valence-electron chi connectivity index (χ0n) is 9.64. The number of aryl methyl sites for hydroxylation is 1. The third-order valence-corrected chi connectivity index (χ3v) is 3.29. The molecule has 2 heteroatoms. The predicted molar refractivity (Wildman–Crippen MR) is 67.8 cm³/mol. The summed E-state index contributed by atoms with van der Waals surface area (Å²) in [5.41, 5.74) is 4.48. The minimum Gasteiger partial charge on any atom is -0.511 e. The summed E-state index contributed by atoms with van der Waals surface area (Å²) >= 11 is 0. The number of hydrogen-bond acceptors (Lipinski definition) is 1. The lowest BCUT2D eigenvalue weighted by Gasteiger charge is -2.18. The third-order valence-electron chi connectivity index (χ3n) is 3.29. The number of aliphatic hydroxyl groups is 1. The van der Waals surface area contributed by atoms with Crippen molar-refractivity contribution in [2.24, 2.45) is 0 Å². The molecule has 1 unspecified atom stereocenters. The van der Waals surface area contributed by atoms with Crippen LogP contribution >= 0.6 is 0 Å². The number of nitrogens with one attached hydrogen (secondary N) is 1. The van der Waals surface area contributed by atoms with Gasteiger partial charge >= 0.3 is 0 Å². The second kappa shape index (κ2) is 3.74. The van der Waals surface area contributed by atoms with Gasteiger partial charge in [0, 0.05) is 12.2 Å². The van der Waals surface area contributed by atoms with E-state index in [0.717, 1.165) is 16.8 Å². The monoisotopic (exact) mass is 224 g/mol. The third kappa shape index (κ3) is 1.62. The fourth-order valence-electron chi connectivity index (χ4n) is 2.35. The van der Waals surface area contributed by atoms with Gasteiger partial charge in [0.1, 0.15) is 5.76 Å². The maximum Gasteiger partial charge on any atom is 0.208 e. The molecule has 0 spiro atoms. The highest BCUT2D eigenvalue weighted by molar-refractivity contribution is 5.74. The second-order valence-electron chi connectivity index (χ2n) is 4.42. The first-order valence-electron chi connectivity index (χ1n) is 5.74. The van der Waals surface area contributed by atoms with Crippen molar-refractivity contribution in [3.8, 4) is 0 Å². The van der Waals surface area contributed by atoms with Gasteiger partial charge in [-0.2, -0.15) is 0 Å². The molecule has 1 aromatic carbocycles. The Morgan fingerprint density at radius 2 is 2.06 bits per heavy atom. The molecular weight excluding hydrogens is 210 g/mol. The van der Waals surface area contributed by atoms with E-state index in [1.165, 1.54) is 5.56 Å². The molecule has 1 aliphatic carbocycles. The maximum absolute atomic E-state index is 10.1. The van der Waals surface area contributed by atoms with E-state index in [2.05, 4.69) is 30.1 Å². The van der Waals surface area contributed by atoms with E-state index in [-0.39, 0.29) is 5.92 Å². The molecule has 0 saturated heterocycles. The highest BCUT2D eigenvalue weighted by Gasteiger charge is 2.26. The Hall–Kier alpha value is -2.09. The fourth-order valence-corrected chi connectivity index (χ4v) is 2.35. The van der Waals surface area contributed by atoms with Crippen molar-refractivity contribution in [1.82, 2.24) is 0 Å². The van der Waals surface area contributed by atoms with E-state index in [1.54, 1.807) is 0 Å². The number of benzene rings is 1. The van der Waals surface area contributed by atoms with Crippen molar-refractivity contribution >= 4 is 6.21 Å². The molecule has 0 bridgehead atoms. The Morgan fingerprint density at radius 1 is 1.24 bits per heavy atom. The molecule has 3 rings (SSSR count). The molecule has 1 aliphatic heterocycles. The molecule has 0 fully saturated rings. The molecule has 1 atom stereocenters. The van der Waals surface area contributed by atoms with Gasteiger partial charge in [-0.05, 0) is 24.1 Å². The number of fused-ring (bicyclic) bond motifs is 1.